The highest BCUT2D eigenvalue weighted by molar-refractivity contribution is 6.02. The van der Waals surface area contributed by atoms with Crippen molar-refractivity contribution in [3.05, 3.63) is 47.9 Å². The maximum Gasteiger partial charge on any atom is 0.291 e. The molecule has 1 aromatic carbocycles. The molecule has 7 heteroatoms. The van der Waals surface area contributed by atoms with E-state index in [0.717, 1.165) is 36.9 Å². The first kappa shape index (κ1) is 21.7. The highest BCUT2D eigenvalue weighted by Gasteiger charge is 2.11. The van der Waals surface area contributed by atoms with Gasteiger partial charge in [0.1, 0.15) is 0 Å². The Bertz CT molecular complexity index is 702. The molecule has 0 saturated carbocycles. The molecule has 0 fully saturated rings. The number of nitrogens with one attached hydrogen (secondary N) is 2. The van der Waals surface area contributed by atoms with Gasteiger partial charge in [0.25, 0.3) is 5.91 Å². The number of hydrogen-bond acceptors (Lipinski definition) is 4. The van der Waals surface area contributed by atoms with Gasteiger partial charge in [-0.2, -0.15) is 0 Å². The third-order valence-electron chi connectivity index (χ3n) is 3.86. The van der Waals surface area contributed by atoms with Crippen LogP contribution in [-0.2, 0) is 4.79 Å². The summed E-state index contributed by atoms with van der Waals surface area (Å²) in [5.74, 6) is -0.0479. The van der Waals surface area contributed by atoms with Crippen LogP contribution in [0.2, 0.25) is 0 Å². The summed E-state index contributed by atoms with van der Waals surface area (Å²) in [4.78, 5) is 24.0. The third-order valence-corrected chi connectivity index (χ3v) is 3.86. The molecule has 26 heavy (non-hydrogen) atoms. The molecule has 4 N–H and O–H groups in total. The van der Waals surface area contributed by atoms with E-state index in [1.54, 1.807) is 24.3 Å². The molecule has 0 bridgehead atoms. The van der Waals surface area contributed by atoms with E-state index >= 15 is 0 Å². The van der Waals surface area contributed by atoms with Crippen molar-refractivity contribution in [1.82, 2.24) is 0 Å². The summed E-state index contributed by atoms with van der Waals surface area (Å²) in [6.45, 7) is 2.58. The Balaban J connectivity index is 0.00000338. The second kappa shape index (κ2) is 11.3. The fourth-order valence-electron chi connectivity index (χ4n) is 2.48. The summed E-state index contributed by atoms with van der Waals surface area (Å²) in [5, 5.41) is 5.68. The van der Waals surface area contributed by atoms with Crippen molar-refractivity contribution in [2.24, 2.45) is 5.73 Å². The normalized spacial score (nSPS) is 10.1. The number of hydrogen-bond donors (Lipinski definition) is 3. The van der Waals surface area contributed by atoms with E-state index < -0.39 is 0 Å². The van der Waals surface area contributed by atoms with Crippen molar-refractivity contribution in [1.29, 1.82) is 0 Å². The zero-order chi connectivity index (χ0) is 18.1. The van der Waals surface area contributed by atoms with Crippen LogP contribution in [0.4, 0.5) is 11.4 Å². The second-order valence-electron chi connectivity index (χ2n) is 5.96. The van der Waals surface area contributed by atoms with Crippen molar-refractivity contribution in [3.63, 3.8) is 0 Å². The minimum Gasteiger partial charge on any atom is -0.459 e. The Hall–Kier alpha value is -2.31. The highest BCUT2D eigenvalue weighted by Crippen LogP contribution is 2.21. The lowest BCUT2D eigenvalue weighted by atomic mass is 10.1. The van der Waals surface area contributed by atoms with Crippen molar-refractivity contribution in [2.75, 3.05) is 17.2 Å². The summed E-state index contributed by atoms with van der Waals surface area (Å²) in [7, 11) is 0. The number of nitrogens with two attached hydrogens (primary N) is 1. The minimum atomic E-state index is -0.303. The molecule has 0 aliphatic carbocycles. The Morgan fingerprint density at radius 3 is 2.50 bits per heavy atom. The molecule has 2 amide bonds. The molecule has 0 atom stereocenters. The van der Waals surface area contributed by atoms with Crippen LogP contribution in [0.25, 0.3) is 0 Å². The quantitative estimate of drug-likeness (QED) is 0.571. The molecule has 2 rings (SSSR count). The molecule has 1 heterocycles. The molecular formula is C19H26ClN3O3. The van der Waals surface area contributed by atoms with Crippen LogP contribution in [0.1, 0.15) is 48.2 Å². The molecule has 1 aromatic heterocycles. The summed E-state index contributed by atoms with van der Waals surface area (Å²) < 4.78 is 5.07. The number of aryl methyl sites for hydroxylation is 1. The van der Waals surface area contributed by atoms with E-state index in [2.05, 4.69) is 10.6 Å². The van der Waals surface area contributed by atoms with Gasteiger partial charge in [0.05, 0.1) is 6.26 Å². The molecular weight excluding hydrogens is 354 g/mol. The number of benzene rings is 1. The molecule has 0 unspecified atom stereocenters. The van der Waals surface area contributed by atoms with Gasteiger partial charge >= 0.3 is 0 Å². The standard InChI is InChI=1S/C19H25N3O3.ClH/c1-14-13-15(21-18(23)8-4-2-3-5-11-20)9-10-16(14)22-19(24)17-7-6-12-25-17;/h6-7,9-10,12-13H,2-5,8,11,20H2,1H3,(H,21,23)(H,22,24);1H. The number of carbonyl (C=O) groups excluding carboxylic acids is 2. The predicted molar refractivity (Wildman–Crippen MR) is 106 cm³/mol. The predicted octanol–water partition coefficient (Wildman–Crippen LogP) is 4.11. The first-order chi connectivity index (χ1) is 12.1. The lowest BCUT2D eigenvalue weighted by molar-refractivity contribution is -0.116. The van der Waals surface area contributed by atoms with Gasteiger partial charge in [-0.1, -0.05) is 12.8 Å². The topological polar surface area (TPSA) is 97.4 Å². The van der Waals surface area contributed by atoms with Crippen molar-refractivity contribution in [2.45, 2.75) is 39.0 Å². The lowest BCUT2D eigenvalue weighted by Gasteiger charge is -2.10. The number of amides is 2. The zero-order valence-electron chi connectivity index (χ0n) is 14.9. The number of carbonyl (C=O) groups is 2. The third kappa shape index (κ3) is 6.90. The molecule has 0 spiro atoms. The van der Waals surface area contributed by atoms with Crippen molar-refractivity contribution in [3.8, 4) is 0 Å². The summed E-state index contributed by atoms with van der Waals surface area (Å²) in [6, 6.07) is 8.65. The maximum atomic E-state index is 12.0. The Morgan fingerprint density at radius 2 is 1.85 bits per heavy atom. The SMILES string of the molecule is Cc1cc(NC(=O)CCCCCCN)ccc1NC(=O)c1ccco1.Cl. The molecule has 0 radical (unpaired) electrons. The zero-order valence-corrected chi connectivity index (χ0v) is 15.7. The van der Waals surface area contributed by atoms with Gasteiger partial charge in [-0.25, -0.2) is 0 Å². The summed E-state index contributed by atoms with van der Waals surface area (Å²) in [6.07, 6.45) is 5.90. The summed E-state index contributed by atoms with van der Waals surface area (Å²) >= 11 is 0. The number of rotatable bonds is 9. The largest absolute Gasteiger partial charge is 0.459 e. The van der Waals surface area contributed by atoms with Crippen molar-refractivity contribution < 1.29 is 14.0 Å². The van der Waals surface area contributed by atoms with Gasteiger partial charge in [0.2, 0.25) is 5.91 Å². The molecule has 0 aliphatic rings. The van der Waals surface area contributed by atoms with E-state index in [0.29, 0.717) is 18.7 Å². The van der Waals surface area contributed by atoms with Crippen LogP contribution in [0, 0.1) is 6.92 Å². The van der Waals surface area contributed by atoms with Crippen LogP contribution in [0.3, 0.4) is 0 Å². The van der Waals surface area contributed by atoms with Crippen LogP contribution >= 0.6 is 12.4 Å². The van der Waals surface area contributed by atoms with Gasteiger partial charge in [0, 0.05) is 17.8 Å². The summed E-state index contributed by atoms with van der Waals surface area (Å²) in [5.41, 5.74) is 7.71. The van der Waals surface area contributed by atoms with Gasteiger partial charge in [-0.05, 0) is 62.2 Å². The highest BCUT2D eigenvalue weighted by atomic mass is 35.5. The van der Waals surface area contributed by atoms with E-state index in [4.69, 9.17) is 10.2 Å². The van der Waals surface area contributed by atoms with E-state index in [-0.39, 0.29) is 30.0 Å². The van der Waals surface area contributed by atoms with E-state index in [1.807, 2.05) is 13.0 Å². The number of furan rings is 1. The average Bonchev–Trinajstić information content (AvgIpc) is 3.12. The molecule has 6 nitrogen and oxygen atoms in total. The van der Waals surface area contributed by atoms with Crippen LogP contribution in [-0.4, -0.2) is 18.4 Å². The monoisotopic (exact) mass is 379 g/mol. The molecule has 142 valence electrons. The van der Waals surface area contributed by atoms with Gasteiger partial charge < -0.3 is 20.8 Å². The first-order valence-corrected chi connectivity index (χ1v) is 8.55. The van der Waals surface area contributed by atoms with Gasteiger partial charge in [-0.15, -0.1) is 12.4 Å². The lowest BCUT2D eigenvalue weighted by Crippen LogP contribution is -2.13. The van der Waals surface area contributed by atoms with Crippen molar-refractivity contribution >= 4 is 35.6 Å². The van der Waals surface area contributed by atoms with Crippen LogP contribution in [0.5, 0.6) is 0 Å². The number of anilines is 2. The van der Waals surface area contributed by atoms with Crippen LogP contribution < -0.4 is 16.4 Å². The van der Waals surface area contributed by atoms with E-state index in [1.165, 1.54) is 6.26 Å². The van der Waals surface area contributed by atoms with E-state index in [9.17, 15) is 9.59 Å². The molecule has 0 saturated heterocycles. The van der Waals surface area contributed by atoms with Gasteiger partial charge in [-0.3, -0.25) is 9.59 Å². The fraction of sp³-hybridized carbons (Fsp3) is 0.368. The average molecular weight is 380 g/mol. The Morgan fingerprint density at radius 1 is 1.08 bits per heavy atom. The second-order valence-corrected chi connectivity index (χ2v) is 5.96. The number of halogens is 1. The van der Waals surface area contributed by atoms with Crippen LogP contribution in [0.15, 0.2) is 41.0 Å². The Labute approximate surface area is 159 Å². The fourth-order valence-corrected chi connectivity index (χ4v) is 2.48. The first-order valence-electron chi connectivity index (χ1n) is 8.55. The maximum absolute atomic E-state index is 12.0. The molecule has 0 aliphatic heterocycles. The number of unbranched alkanes of at least 4 members (excludes halogenated alkanes) is 3. The van der Waals surface area contributed by atoms with Gasteiger partial charge in [0.15, 0.2) is 5.76 Å². The Kier molecular flexibility index (Phi) is 9.47. The minimum absolute atomic E-state index is 0. The molecule has 2 aromatic rings. The smallest absolute Gasteiger partial charge is 0.291 e.